The van der Waals surface area contributed by atoms with Gasteiger partial charge in [-0.1, -0.05) is 0 Å². The molecule has 14 heavy (non-hydrogen) atoms. The van der Waals surface area contributed by atoms with Gasteiger partial charge >= 0.3 is 6.09 Å². The fourth-order valence-corrected chi connectivity index (χ4v) is 0.749. The van der Waals surface area contributed by atoms with Gasteiger partial charge < -0.3 is 9.64 Å². The molecule has 0 aliphatic rings. The molecule has 0 atom stereocenters. The summed E-state index contributed by atoms with van der Waals surface area (Å²) in [6.45, 7) is 2.01. The monoisotopic (exact) mass is 195 g/mol. The van der Waals surface area contributed by atoms with E-state index in [2.05, 4.69) is 9.97 Å². The van der Waals surface area contributed by atoms with Crippen LogP contribution < -0.4 is 0 Å². The Bertz CT molecular complexity index is 308. The summed E-state index contributed by atoms with van der Waals surface area (Å²) in [4.78, 5) is 20.4. The SMILES string of the molecule is Cc1cnc(COC(=O)N(C)C)nc1. The molecule has 0 aromatic carbocycles. The molecule has 1 rings (SSSR count). The van der Waals surface area contributed by atoms with Gasteiger partial charge in [-0.3, -0.25) is 0 Å². The first-order valence-corrected chi connectivity index (χ1v) is 4.21. The van der Waals surface area contributed by atoms with E-state index in [1.807, 2.05) is 6.92 Å². The lowest BCUT2D eigenvalue weighted by atomic mass is 10.4. The molecule has 0 aliphatic carbocycles. The van der Waals surface area contributed by atoms with Crippen LogP contribution in [0, 0.1) is 6.92 Å². The molecule has 1 heterocycles. The van der Waals surface area contributed by atoms with Gasteiger partial charge in [-0.2, -0.15) is 0 Å². The van der Waals surface area contributed by atoms with E-state index >= 15 is 0 Å². The molecule has 1 aromatic rings. The van der Waals surface area contributed by atoms with Crippen LogP contribution in [0.1, 0.15) is 11.4 Å². The molecule has 5 heteroatoms. The van der Waals surface area contributed by atoms with Crippen molar-refractivity contribution in [2.75, 3.05) is 14.1 Å². The fourth-order valence-electron chi connectivity index (χ4n) is 0.749. The summed E-state index contributed by atoms with van der Waals surface area (Å²) in [5, 5.41) is 0. The molecule has 0 fully saturated rings. The Morgan fingerprint density at radius 3 is 2.50 bits per heavy atom. The number of aromatic nitrogens is 2. The molecule has 0 unspecified atom stereocenters. The molecule has 0 radical (unpaired) electrons. The third-order valence-electron chi connectivity index (χ3n) is 1.52. The number of carbonyl (C=O) groups excluding carboxylic acids is 1. The summed E-state index contributed by atoms with van der Waals surface area (Å²) < 4.78 is 4.89. The zero-order valence-electron chi connectivity index (χ0n) is 8.52. The number of hydrogen-bond acceptors (Lipinski definition) is 4. The first kappa shape index (κ1) is 10.4. The number of rotatable bonds is 2. The van der Waals surface area contributed by atoms with E-state index in [1.165, 1.54) is 4.90 Å². The van der Waals surface area contributed by atoms with Gasteiger partial charge in [0.05, 0.1) is 0 Å². The lowest BCUT2D eigenvalue weighted by Gasteiger charge is -2.09. The van der Waals surface area contributed by atoms with Crippen molar-refractivity contribution in [1.82, 2.24) is 14.9 Å². The van der Waals surface area contributed by atoms with Crippen LogP contribution in [-0.2, 0) is 11.3 Å². The third kappa shape index (κ3) is 3.01. The van der Waals surface area contributed by atoms with Crippen LogP contribution in [0.4, 0.5) is 4.79 Å². The molecule has 0 spiro atoms. The van der Waals surface area contributed by atoms with Gasteiger partial charge in [0.1, 0.15) is 0 Å². The number of carbonyl (C=O) groups is 1. The highest BCUT2D eigenvalue weighted by Gasteiger charge is 2.05. The van der Waals surface area contributed by atoms with E-state index < -0.39 is 6.09 Å². The number of aryl methyl sites for hydroxylation is 1. The first-order valence-electron chi connectivity index (χ1n) is 4.21. The van der Waals surface area contributed by atoms with E-state index in [-0.39, 0.29) is 6.61 Å². The molecule has 0 aliphatic heterocycles. The zero-order chi connectivity index (χ0) is 10.6. The Kier molecular flexibility index (Phi) is 3.39. The maximum absolute atomic E-state index is 11.0. The van der Waals surface area contributed by atoms with Gasteiger partial charge in [0.25, 0.3) is 0 Å². The summed E-state index contributed by atoms with van der Waals surface area (Å²) in [6.07, 6.45) is 2.98. The number of ether oxygens (including phenoxy) is 1. The number of amides is 1. The molecule has 0 bridgehead atoms. The van der Waals surface area contributed by atoms with Crippen molar-refractivity contribution >= 4 is 6.09 Å². The summed E-state index contributed by atoms with van der Waals surface area (Å²) in [6, 6.07) is 0. The van der Waals surface area contributed by atoms with Gasteiger partial charge in [0, 0.05) is 26.5 Å². The predicted octanol–water partition coefficient (Wildman–Crippen LogP) is 0.983. The highest BCUT2D eigenvalue weighted by molar-refractivity contribution is 5.66. The van der Waals surface area contributed by atoms with E-state index in [0.717, 1.165) is 5.56 Å². The molecule has 0 saturated heterocycles. The lowest BCUT2D eigenvalue weighted by molar-refractivity contribution is 0.109. The molecule has 5 nitrogen and oxygen atoms in total. The largest absolute Gasteiger partial charge is 0.441 e. The van der Waals surface area contributed by atoms with Crippen molar-refractivity contribution in [2.24, 2.45) is 0 Å². The standard InChI is InChI=1S/C9H13N3O2/c1-7-4-10-8(11-5-7)6-14-9(13)12(2)3/h4-5H,6H2,1-3H3. The number of hydrogen-bond donors (Lipinski definition) is 0. The predicted molar refractivity (Wildman–Crippen MR) is 50.6 cm³/mol. The Morgan fingerprint density at radius 2 is 2.00 bits per heavy atom. The third-order valence-corrected chi connectivity index (χ3v) is 1.52. The lowest BCUT2D eigenvalue weighted by Crippen LogP contribution is -2.22. The second-order valence-electron chi connectivity index (χ2n) is 3.13. The van der Waals surface area contributed by atoms with Crippen molar-refractivity contribution in [3.8, 4) is 0 Å². The van der Waals surface area contributed by atoms with Gasteiger partial charge in [-0.15, -0.1) is 0 Å². The van der Waals surface area contributed by atoms with Crippen LogP contribution in [0.2, 0.25) is 0 Å². The normalized spacial score (nSPS) is 9.64. The van der Waals surface area contributed by atoms with Crippen LogP contribution in [0.5, 0.6) is 0 Å². The Labute approximate surface area is 82.7 Å². The molecule has 0 N–H and O–H groups in total. The zero-order valence-corrected chi connectivity index (χ0v) is 8.52. The average molecular weight is 195 g/mol. The van der Waals surface area contributed by atoms with E-state index in [9.17, 15) is 4.79 Å². The Hall–Kier alpha value is -1.65. The molecular formula is C9H13N3O2. The van der Waals surface area contributed by atoms with Crippen molar-refractivity contribution in [1.29, 1.82) is 0 Å². The summed E-state index contributed by atoms with van der Waals surface area (Å²) in [5.74, 6) is 0.505. The van der Waals surface area contributed by atoms with Crippen LogP contribution in [-0.4, -0.2) is 35.1 Å². The molecule has 1 amide bonds. The second kappa shape index (κ2) is 4.55. The maximum Gasteiger partial charge on any atom is 0.409 e. The van der Waals surface area contributed by atoms with Gasteiger partial charge in [0.15, 0.2) is 12.4 Å². The van der Waals surface area contributed by atoms with Crippen LogP contribution in [0.3, 0.4) is 0 Å². The maximum atomic E-state index is 11.0. The van der Waals surface area contributed by atoms with Gasteiger partial charge in [-0.05, 0) is 12.5 Å². The topological polar surface area (TPSA) is 55.3 Å². The van der Waals surface area contributed by atoms with Crippen LogP contribution in [0.25, 0.3) is 0 Å². The van der Waals surface area contributed by atoms with Crippen molar-refractivity contribution in [2.45, 2.75) is 13.5 Å². The first-order chi connectivity index (χ1) is 6.59. The van der Waals surface area contributed by atoms with E-state index in [1.54, 1.807) is 26.5 Å². The average Bonchev–Trinajstić information content (AvgIpc) is 2.16. The van der Waals surface area contributed by atoms with Crippen LogP contribution in [0.15, 0.2) is 12.4 Å². The summed E-state index contributed by atoms with van der Waals surface area (Å²) in [5.41, 5.74) is 0.979. The van der Waals surface area contributed by atoms with Crippen molar-refractivity contribution in [3.05, 3.63) is 23.8 Å². The fraction of sp³-hybridized carbons (Fsp3) is 0.444. The minimum absolute atomic E-state index is 0.108. The van der Waals surface area contributed by atoms with Crippen molar-refractivity contribution in [3.63, 3.8) is 0 Å². The van der Waals surface area contributed by atoms with E-state index in [0.29, 0.717) is 5.82 Å². The molecule has 1 aromatic heterocycles. The number of nitrogens with zero attached hydrogens (tertiary/aromatic N) is 3. The van der Waals surface area contributed by atoms with Crippen LogP contribution >= 0.6 is 0 Å². The highest BCUT2D eigenvalue weighted by atomic mass is 16.6. The molecule has 76 valence electrons. The van der Waals surface area contributed by atoms with Gasteiger partial charge in [0.2, 0.25) is 0 Å². The minimum Gasteiger partial charge on any atom is -0.441 e. The van der Waals surface area contributed by atoms with E-state index in [4.69, 9.17) is 4.74 Å². The Morgan fingerprint density at radius 1 is 1.43 bits per heavy atom. The summed E-state index contributed by atoms with van der Waals surface area (Å²) in [7, 11) is 3.25. The van der Waals surface area contributed by atoms with Crippen molar-refractivity contribution < 1.29 is 9.53 Å². The molecule has 0 saturated carbocycles. The molecular weight excluding hydrogens is 182 g/mol. The van der Waals surface area contributed by atoms with Gasteiger partial charge in [-0.25, -0.2) is 14.8 Å². The Balaban J connectivity index is 2.46. The minimum atomic E-state index is -0.394. The quantitative estimate of drug-likeness (QED) is 0.706. The second-order valence-corrected chi connectivity index (χ2v) is 3.13. The smallest absolute Gasteiger partial charge is 0.409 e. The highest BCUT2D eigenvalue weighted by Crippen LogP contribution is 1.97. The summed E-state index contributed by atoms with van der Waals surface area (Å²) >= 11 is 0.